The van der Waals surface area contributed by atoms with Gasteiger partial charge in [0.25, 0.3) is 11.6 Å². The van der Waals surface area contributed by atoms with Crippen LogP contribution in [0.2, 0.25) is 0 Å². The van der Waals surface area contributed by atoms with Crippen molar-refractivity contribution < 1.29 is 9.72 Å². The number of nitrogens with zero attached hydrogens (tertiary/aromatic N) is 2. The normalized spacial score (nSPS) is 11.0. The molecule has 6 nitrogen and oxygen atoms in total. The lowest BCUT2D eigenvalue weighted by atomic mass is 10.1. The van der Waals surface area contributed by atoms with Crippen LogP contribution in [0, 0.1) is 21.4 Å². The number of carbonyl (C=O) groups is 1. The molecule has 0 saturated carbocycles. The summed E-state index contributed by atoms with van der Waals surface area (Å²) in [6.07, 6.45) is 1.32. The van der Waals surface area contributed by atoms with Crippen molar-refractivity contribution in [1.82, 2.24) is 0 Å². The minimum Gasteiger partial charge on any atom is -0.321 e. The molecule has 3 aromatic rings. The summed E-state index contributed by atoms with van der Waals surface area (Å²) in [6, 6.07) is 20.7. The van der Waals surface area contributed by atoms with Crippen molar-refractivity contribution in [2.75, 3.05) is 5.32 Å². The van der Waals surface area contributed by atoms with Gasteiger partial charge in [-0.25, -0.2) is 0 Å². The minimum absolute atomic E-state index is 0.106. The molecular weight excluding hydrogens is 330 g/mol. The lowest BCUT2D eigenvalue weighted by molar-refractivity contribution is -0.384. The molecule has 0 heterocycles. The molecular formula is C20H13N3O3. The first-order valence-corrected chi connectivity index (χ1v) is 7.73. The summed E-state index contributed by atoms with van der Waals surface area (Å²) in [4.78, 5) is 22.7. The number of hydrogen-bond donors (Lipinski definition) is 1. The van der Waals surface area contributed by atoms with Crippen LogP contribution < -0.4 is 5.32 Å². The molecule has 126 valence electrons. The molecule has 0 atom stereocenters. The molecule has 0 aliphatic carbocycles. The van der Waals surface area contributed by atoms with Gasteiger partial charge in [-0.2, -0.15) is 5.26 Å². The Labute approximate surface area is 149 Å². The molecule has 0 fully saturated rings. The quantitative estimate of drug-likeness (QED) is 0.331. The smallest absolute Gasteiger partial charge is 0.270 e. The largest absolute Gasteiger partial charge is 0.321 e. The van der Waals surface area contributed by atoms with Gasteiger partial charge in [-0.05, 0) is 34.5 Å². The molecule has 0 aliphatic rings. The molecule has 3 aromatic carbocycles. The number of anilines is 1. The minimum atomic E-state index is -0.575. The predicted molar refractivity (Wildman–Crippen MR) is 99.3 cm³/mol. The Hall–Kier alpha value is -3.98. The fourth-order valence-corrected chi connectivity index (χ4v) is 2.51. The molecule has 0 bridgehead atoms. The van der Waals surface area contributed by atoms with E-state index in [9.17, 15) is 20.2 Å². The molecule has 0 radical (unpaired) electrons. The Morgan fingerprint density at radius 3 is 2.54 bits per heavy atom. The van der Waals surface area contributed by atoms with Crippen molar-refractivity contribution in [3.8, 4) is 6.07 Å². The van der Waals surface area contributed by atoms with Crippen LogP contribution in [0.4, 0.5) is 11.4 Å². The molecule has 6 heteroatoms. The Morgan fingerprint density at radius 2 is 1.81 bits per heavy atom. The van der Waals surface area contributed by atoms with Crippen LogP contribution in [0.5, 0.6) is 0 Å². The molecule has 3 rings (SSSR count). The fourth-order valence-electron chi connectivity index (χ4n) is 2.51. The highest BCUT2D eigenvalue weighted by atomic mass is 16.6. The number of amides is 1. The van der Waals surface area contributed by atoms with E-state index in [0.29, 0.717) is 11.3 Å². The van der Waals surface area contributed by atoms with E-state index in [2.05, 4.69) is 5.32 Å². The molecule has 1 amide bonds. The average Bonchev–Trinajstić information content (AvgIpc) is 2.66. The van der Waals surface area contributed by atoms with Gasteiger partial charge in [-0.15, -0.1) is 0 Å². The topological polar surface area (TPSA) is 96.0 Å². The Bertz CT molecular complexity index is 1080. The number of non-ortho nitro benzene ring substituents is 1. The highest BCUT2D eigenvalue weighted by Crippen LogP contribution is 2.20. The third kappa shape index (κ3) is 3.74. The summed E-state index contributed by atoms with van der Waals surface area (Å²) < 4.78 is 0. The third-order valence-corrected chi connectivity index (χ3v) is 3.76. The first-order valence-electron chi connectivity index (χ1n) is 7.73. The second kappa shape index (κ2) is 7.28. The molecule has 26 heavy (non-hydrogen) atoms. The van der Waals surface area contributed by atoms with Crippen LogP contribution >= 0.6 is 0 Å². The van der Waals surface area contributed by atoms with Gasteiger partial charge in [0.1, 0.15) is 11.6 Å². The Morgan fingerprint density at radius 1 is 1.04 bits per heavy atom. The monoisotopic (exact) mass is 343 g/mol. The average molecular weight is 343 g/mol. The number of benzene rings is 3. The zero-order valence-corrected chi connectivity index (χ0v) is 13.5. The van der Waals surface area contributed by atoms with E-state index >= 15 is 0 Å². The second-order valence-corrected chi connectivity index (χ2v) is 5.54. The molecule has 0 aliphatic heterocycles. The fraction of sp³-hybridized carbons (Fsp3) is 0. The van der Waals surface area contributed by atoms with Crippen molar-refractivity contribution in [2.24, 2.45) is 0 Å². The van der Waals surface area contributed by atoms with E-state index < -0.39 is 10.8 Å². The first kappa shape index (κ1) is 16.9. The van der Waals surface area contributed by atoms with Crippen molar-refractivity contribution >= 4 is 34.1 Å². The van der Waals surface area contributed by atoms with Gasteiger partial charge >= 0.3 is 0 Å². The number of fused-ring (bicyclic) bond motifs is 1. The van der Waals surface area contributed by atoms with Gasteiger partial charge < -0.3 is 5.32 Å². The number of nitrogens with one attached hydrogen (secondary N) is 1. The van der Waals surface area contributed by atoms with Crippen molar-refractivity contribution in [3.05, 3.63) is 88.0 Å². The lowest BCUT2D eigenvalue weighted by Gasteiger charge is -2.06. The van der Waals surface area contributed by atoms with E-state index in [-0.39, 0.29) is 11.3 Å². The Kier molecular flexibility index (Phi) is 4.72. The van der Waals surface area contributed by atoms with Crippen LogP contribution in [-0.2, 0) is 4.79 Å². The summed E-state index contributed by atoms with van der Waals surface area (Å²) >= 11 is 0. The van der Waals surface area contributed by atoms with Gasteiger partial charge in [0.05, 0.1) is 4.92 Å². The summed E-state index contributed by atoms with van der Waals surface area (Å²) in [5.74, 6) is -0.575. The van der Waals surface area contributed by atoms with E-state index in [1.54, 1.807) is 12.1 Å². The van der Waals surface area contributed by atoms with Crippen molar-refractivity contribution in [1.29, 1.82) is 5.26 Å². The van der Waals surface area contributed by atoms with Crippen molar-refractivity contribution in [2.45, 2.75) is 0 Å². The molecule has 0 spiro atoms. The van der Waals surface area contributed by atoms with Crippen LogP contribution in [0.1, 0.15) is 5.56 Å². The molecule has 0 aromatic heterocycles. The number of nitro groups is 1. The van der Waals surface area contributed by atoms with Crippen LogP contribution in [0.25, 0.3) is 16.8 Å². The van der Waals surface area contributed by atoms with Gasteiger partial charge in [-0.3, -0.25) is 14.9 Å². The van der Waals surface area contributed by atoms with Crippen LogP contribution in [0.15, 0.2) is 72.3 Å². The van der Waals surface area contributed by atoms with Crippen molar-refractivity contribution in [3.63, 3.8) is 0 Å². The van der Waals surface area contributed by atoms with Gasteiger partial charge in [-0.1, -0.05) is 42.5 Å². The molecule has 0 saturated heterocycles. The Balaban J connectivity index is 1.85. The summed E-state index contributed by atoms with van der Waals surface area (Å²) in [7, 11) is 0. The summed E-state index contributed by atoms with van der Waals surface area (Å²) in [5.41, 5.74) is 0.725. The number of nitro benzene ring substituents is 1. The zero-order valence-electron chi connectivity index (χ0n) is 13.5. The van der Waals surface area contributed by atoms with E-state index in [4.69, 9.17) is 0 Å². The van der Waals surface area contributed by atoms with Gasteiger partial charge in [0.15, 0.2) is 0 Å². The maximum Gasteiger partial charge on any atom is 0.270 e. The zero-order chi connectivity index (χ0) is 18.5. The van der Waals surface area contributed by atoms with Crippen LogP contribution in [-0.4, -0.2) is 10.8 Å². The number of nitriles is 1. The van der Waals surface area contributed by atoms with Crippen LogP contribution in [0.3, 0.4) is 0 Å². The first-order chi connectivity index (χ1) is 12.6. The molecule has 0 unspecified atom stereocenters. The number of rotatable bonds is 4. The van der Waals surface area contributed by atoms with Gasteiger partial charge in [0.2, 0.25) is 0 Å². The predicted octanol–water partition coefficient (Wildman–Crippen LogP) is 4.29. The lowest BCUT2D eigenvalue weighted by Crippen LogP contribution is -2.13. The summed E-state index contributed by atoms with van der Waals surface area (Å²) in [6.45, 7) is 0. The van der Waals surface area contributed by atoms with Gasteiger partial charge in [0, 0.05) is 17.8 Å². The maximum atomic E-state index is 12.4. The number of carbonyl (C=O) groups excluding carboxylic acids is 1. The maximum absolute atomic E-state index is 12.4. The van der Waals surface area contributed by atoms with E-state index in [1.165, 1.54) is 24.3 Å². The SMILES string of the molecule is N#C/C(=C\c1cccc([N+](=O)[O-])c1)C(=O)Nc1ccc2ccccc2c1. The second-order valence-electron chi connectivity index (χ2n) is 5.54. The van der Waals surface area contributed by atoms with E-state index in [0.717, 1.165) is 10.8 Å². The highest BCUT2D eigenvalue weighted by Gasteiger charge is 2.11. The van der Waals surface area contributed by atoms with E-state index in [1.807, 2.05) is 42.5 Å². The standard InChI is InChI=1S/C20H13N3O3/c21-13-17(10-14-4-3-7-19(11-14)23(25)26)20(24)22-18-9-8-15-5-1-2-6-16(15)12-18/h1-12H,(H,22,24)/b17-10+. The third-order valence-electron chi connectivity index (χ3n) is 3.76. The number of hydrogen-bond acceptors (Lipinski definition) is 4. The molecule has 1 N–H and O–H groups in total. The highest BCUT2D eigenvalue weighted by molar-refractivity contribution is 6.10. The summed E-state index contributed by atoms with van der Waals surface area (Å²) in [5, 5.41) is 24.8.